The highest BCUT2D eigenvalue weighted by Gasteiger charge is 2.23. The van der Waals surface area contributed by atoms with E-state index < -0.39 is 0 Å². The monoisotopic (exact) mass is 224 g/mol. The van der Waals surface area contributed by atoms with Gasteiger partial charge in [0.2, 0.25) is 0 Å². The molecule has 2 aliphatic rings. The van der Waals surface area contributed by atoms with E-state index in [9.17, 15) is 0 Å². The van der Waals surface area contributed by atoms with Crippen LogP contribution in [-0.2, 0) is 0 Å². The van der Waals surface area contributed by atoms with Crippen molar-refractivity contribution in [1.29, 1.82) is 0 Å². The van der Waals surface area contributed by atoms with Crippen LogP contribution >= 0.6 is 0 Å². The average molecular weight is 224 g/mol. The van der Waals surface area contributed by atoms with Gasteiger partial charge >= 0.3 is 0 Å². The predicted molar refractivity (Wildman–Crippen MR) is 69.6 cm³/mol. The van der Waals surface area contributed by atoms with E-state index in [1.807, 2.05) is 0 Å². The number of nitrogens with one attached hydrogen (secondary N) is 1. The zero-order valence-corrected chi connectivity index (χ0v) is 11.0. The van der Waals surface area contributed by atoms with Crippen molar-refractivity contribution in [2.75, 3.05) is 26.7 Å². The third-order valence-electron chi connectivity index (χ3n) is 4.26. The van der Waals surface area contributed by atoms with Crippen molar-refractivity contribution in [2.45, 2.75) is 51.5 Å². The summed E-state index contributed by atoms with van der Waals surface area (Å²) < 4.78 is 0. The van der Waals surface area contributed by atoms with E-state index in [2.05, 4.69) is 24.2 Å². The molecule has 2 fully saturated rings. The zero-order valence-electron chi connectivity index (χ0n) is 11.0. The number of piperidine rings is 1. The molecule has 2 nitrogen and oxygen atoms in total. The van der Waals surface area contributed by atoms with E-state index in [1.54, 1.807) is 0 Å². The maximum Gasteiger partial charge on any atom is 0.0198 e. The van der Waals surface area contributed by atoms with Crippen molar-refractivity contribution >= 4 is 0 Å². The first kappa shape index (κ1) is 12.4. The van der Waals surface area contributed by atoms with Crippen LogP contribution in [-0.4, -0.2) is 37.6 Å². The van der Waals surface area contributed by atoms with Crippen LogP contribution in [0.3, 0.4) is 0 Å². The summed E-state index contributed by atoms with van der Waals surface area (Å²) in [4.78, 5) is 2.48. The van der Waals surface area contributed by atoms with E-state index in [1.165, 1.54) is 58.2 Å². The average Bonchev–Trinajstić information content (AvgIpc) is 2.27. The number of nitrogens with zero attached hydrogens (tertiary/aromatic N) is 1. The van der Waals surface area contributed by atoms with Gasteiger partial charge in [0.25, 0.3) is 0 Å². The van der Waals surface area contributed by atoms with E-state index in [0.29, 0.717) is 0 Å². The predicted octanol–water partition coefficient (Wildman–Crippen LogP) is 2.50. The van der Waals surface area contributed by atoms with Gasteiger partial charge < -0.3 is 10.2 Å². The zero-order chi connectivity index (χ0) is 11.4. The molecule has 94 valence electrons. The van der Waals surface area contributed by atoms with Gasteiger partial charge in [0, 0.05) is 19.1 Å². The van der Waals surface area contributed by atoms with Gasteiger partial charge in [0.1, 0.15) is 0 Å². The molecule has 2 atom stereocenters. The Balaban J connectivity index is 1.68. The lowest BCUT2D eigenvalue weighted by Gasteiger charge is -2.35. The first-order valence-electron chi connectivity index (χ1n) is 7.16. The third kappa shape index (κ3) is 3.74. The summed E-state index contributed by atoms with van der Waals surface area (Å²) in [5, 5.41) is 3.81. The summed E-state index contributed by atoms with van der Waals surface area (Å²) in [6.07, 6.45) is 8.70. The lowest BCUT2D eigenvalue weighted by Crippen LogP contribution is -2.48. The van der Waals surface area contributed by atoms with E-state index in [-0.39, 0.29) is 0 Å². The first-order valence-corrected chi connectivity index (χ1v) is 7.16. The molecule has 0 aromatic heterocycles. The highest BCUT2D eigenvalue weighted by Crippen LogP contribution is 2.23. The fourth-order valence-electron chi connectivity index (χ4n) is 3.49. The fourth-order valence-corrected chi connectivity index (χ4v) is 3.49. The van der Waals surface area contributed by atoms with Crippen LogP contribution in [0.5, 0.6) is 0 Å². The molecule has 1 saturated heterocycles. The topological polar surface area (TPSA) is 15.3 Å². The third-order valence-corrected chi connectivity index (χ3v) is 4.26. The highest BCUT2D eigenvalue weighted by molar-refractivity contribution is 4.81. The van der Waals surface area contributed by atoms with Gasteiger partial charge in [-0.3, -0.25) is 0 Å². The van der Waals surface area contributed by atoms with Crippen molar-refractivity contribution in [3.05, 3.63) is 0 Å². The van der Waals surface area contributed by atoms with Crippen LogP contribution in [0.2, 0.25) is 0 Å². The molecule has 16 heavy (non-hydrogen) atoms. The lowest BCUT2D eigenvalue weighted by molar-refractivity contribution is 0.172. The Morgan fingerprint density at radius 2 is 1.88 bits per heavy atom. The molecule has 0 aromatic carbocycles. The van der Waals surface area contributed by atoms with Crippen molar-refractivity contribution in [2.24, 2.45) is 11.8 Å². The minimum absolute atomic E-state index is 0.746. The molecule has 0 aromatic rings. The Kier molecular flexibility index (Phi) is 4.66. The molecular formula is C14H28N2. The Bertz CT molecular complexity index is 189. The van der Waals surface area contributed by atoms with Gasteiger partial charge in [0.05, 0.1) is 0 Å². The molecule has 0 amide bonds. The molecule has 1 N–H and O–H groups in total. The van der Waals surface area contributed by atoms with Crippen molar-refractivity contribution in [3.8, 4) is 0 Å². The quantitative estimate of drug-likeness (QED) is 0.792. The second-order valence-corrected chi connectivity index (χ2v) is 6.17. The van der Waals surface area contributed by atoms with Crippen LogP contribution in [0.15, 0.2) is 0 Å². The van der Waals surface area contributed by atoms with Crippen LogP contribution in [0.1, 0.15) is 45.4 Å². The molecule has 0 bridgehead atoms. The number of hydrogen-bond donors (Lipinski definition) is 1. The number of hydrogen-bond acceptors (Lipinski definition) is 2. The van der Waals surface area contributed by atoms with Gasteiger partial charge in [-0.15, -0.1) is 0 Å². The molecule has 1 heterocycles. The second-order valence-electron chi connectivity index (χ2n) is 6.17. The Morgan fingerprint density at radius 1 is 1.12 bits per heavy atom. The summed E-state index contributed by atoms with van der Waals surface area (Å²) in [5.41, 5.74) is 0. The Labute approximate surface area is 101 Å². The molecular weight excluding hydrogens is 196 g/mol. The lowest BCUT2D eigenvalue weighted by atomic mass is 9.88. The van der Waals surface area contributed by atoms with Gasteiger partial charge in [-0.25, -0.2) is 0 Å². The Morgan fingerprint density at radius 3 is 2.56 bits per heavy atom. The highest BCUT2D eigenvalue weighted by atomic mass is 15.1. The van der Waals surface area contributed by atoms with Crippen LogP contribution in [0.25, 0.3) is 0 Å². The first-order chi connectivity index (χ1) is 7.74. The second kappa shape index (κ2) is 6.02. The molecule has 2 unspecified atom stereocenters. The van der Waals surface area contributed by atoms with Gasteiger partial charge in [-0.2, -0.15) is 0 Å². The van der Waals surface area contributed by atoms with Crippen LogP contribution < -0.4 is 5.32 Å². The van der Waals surface area contributed by atoms with Crippen molar-refractivity contribution < 1.29 is 0 Å². The summed E-state index contributed by atoms with van der Waals surface area (Å²) in [7, 11) is 2.25. The summed E-state index contributed by atoms with van der Waals surface area (Å²) >= 11 is 0. The van der Waals surface area contributed by atoms with Crippen molar-refractivity contribution in [1.82, 2.24) is 10.2 Å². The molecule has 0 radical (unpaired) electrons. The maximum absolute atomic E-state index is 3.81. The van der Waals surface area contributed by atoms with Gasteiger partial charge in [0.15, 0.2) is 0 Å². The standard InChI is InChI=1S/C14H28N2/c1-12-8-14(11-16(2)10-12)15-9-13-6-4-3-5-7-13/h12-15H,3-11H2,1-2H3. The fraction of sp³-hybridized carbons (Fsp3) is 1.00. The van der Waals surface area contributed by atoms with Crippen LogP contribution in [0.4, 0.5) is 0 Å². The molecule has 2 rings (SSSR count). The van der Waals surface area contributed by atoms with E-state index in [0.717, 1.165) is 17.9 Å². The normalized spacial score (nSPS) is 34.1. The number of rotatable bonds is 3. The molecule has 1 saturated carbocycles. The van der Waals surface area contributed by atoms with E-state index in [4.69, 9.17) is 0 Å². The molecule has 0 spiro atoms. The summed E-state index contributed by atoms with van der Waals surface area (Å²) in [6, 6.07) is 0.746. The van der Waals surface area contributed by atoms with Crippen molar-refractivity contribution in [3.63, 3.8) is 0 Å². The van der Waals surface area contributed by atoms with Gasteiger partial charge in [-0.05, 0) is 44.7 Å². The molecule has 1 aliphatic heterocycles. The summed E-state index contributed by atoms with van der Waals surface area (Å²) in [5.74, 6) is 1.83. The maximum atomic E-state index is 3.81. The van der Waals surface area contributed by atoms with E-state index >= 15 is 0 Å². The smallest absolute Gasteiger partial charge is 0.0198 e. The number of likely N-dealkylation sites (tertiary alicyclic amines) is 1. The minimum atomic E-state index is 0.746. The largest absolute Gasteiger partial charge is 0.312 e. The van der Waals surface area contributed by atoms with Crippen LogP contribution in [0, 0.1) is 11.8 Å². The Hall–Kier alpha value is -0.0800. The molecule has 2 heteroatoms. The minimum Gasteiger partial charge on any atom is -0.312 e. The molecule has 1 aliphatic carbocycles. The SMILES string of the molecule is CC1CC(NCC2CCCCC2)CN(C)C1. The number of likely N-dealkylation sites (N-methyl/N-ethyl adjacent to an activating group) is 1. The summed E-state index contributed by atoms with van der Waals surface area (Å²) in [6.45, 7) is 6.18. The van der Waals surface area contributed by atoms with Gasteiger partial charge in [-0.1, -0.05) is 26.2 Å².